The van der Waals surface area contributed by atoms with E-state index in [0.29, 0.717) is 0 Å². The summed E-state index contributed by atoms with van der Waals surface area (Å²) in [6, 6.07) is 0. The van der Waals surface area contributed by atoms with Gasteiger partial charge in [0.2, 0.25) is 0 Å². The van der Waals surface area contributed by atoms with Gasteiger partial charge in [0.05, 0.1) is 6.61 Å². The zero-order chi connectivity index (χ0) is 12.3. The number of hydrogen-bond donors (Lipinski definition) is 5. The maximum Gasteiger partial charge on any atom is 0.505 e. The van der Waals surface area contributed by atoms with E-state index >= 15 is 0 Å². The van der Waals surface area contributed by atoms with Crippen molar-refractivity contribution in [1.29, 1.82) is 0 Å². The smallest absolute Gasteiger partial charge is 0.450 e. The Morgan fingerprint density at radius 1 is 1.13 bits per heavy atom. The Morgan fingerprint density at radius 2 is 1.53 bits per heavy atom. The van der Waals surface area contributed by atoms with E-state index in [0.717, 1.165) is 0 Å². The highest BCUT2D eigenvalue weighted by Gasteiger charge is 2.43. The molecule has 0 atom stereocenters. The molecule has 0 saturated heterocycles. The summed E-state index contributed by atoms with van der Waals surface area (Å²) in [6.07, 6.45) is -2.44. The van der Waals surface area contributed by atoms with Crippen molar-refractivity contribution in [2.45, 2.75) is 11.8 Å². The van der Waals surface area contributed by atoms with Crippen LogP contribution in [0.5, 0.6) is 0 Å². The molecule has 0 unspecified atom stereocenters. The fraction of sp³-hybridized carbons (Fsp3) is 0.750. The van der Waals surface area contributed by atoms with Crippen LogP contribution in [0.25, 0.3) is 0 Å². The number of carboxylic acid groups (broad SMARTS) is 1. The van der Waals surface area contributed by atoms with Gasteiger partial charge < -0.3 is 29.4 Å². The van der Waals surface area contributed by atoms with Crippen LogP contribution in [0.2, 0.25) is 0 Å². The van der Waals surface area contributed by atoms with Crippen molar-refractivity contribution in [3.05, 3.63) is 0 Å². The van der Waals surface area contributed by atoms with Crippen molar-refractivity contribution >= 4 is 21.3 Å². The Labute approximate surface area is 84.0 Å². The van der Waals surface area contributed by atoms with E-state index in [2.05, 4.69) is 4.74 Å². The molecule has 11 heteroatoms. The first-order valence-corrected chi connectivity index (χ1v) is 6.87. The van der Waals surface area contributed by atoms with Crippen LogP contribution in [0.4, 0.5) is 4.79 Å². The number of ether oxygens (including phenoxy) is 1. The molecule has 0 aliphatic carbocycles. The zero-order valence-corrected chi connectivity index (χ0v) is 9.04. The van der Waals surface area contributed by atoms with Crippen molar-refractivity contribution in [3.63, 3.8) is 0 Å². The van der Waals surface area contributed by atoms with Crippen LogP contribution >= 0.6 is 15.2 Å². The van der Waals surface area contributed by atoms with Gasteiger partial charge in [-0.15, -0.1) is 0 Å². The molecule has 0 aromatic carbocycles. The molecule has 90 valence electrons. The van der Waals surface area contributed by atoms with Crippen LogP contribution in [0.1, 0.15) is 6.42 Å². The third-order valence-corrected chi connectivity index (χ3v) is 5.25. The topological polar surface area (TPSA) is 162 Å². The van der Waals surface area contributed by atoms with Crippen LogP contribution in [-0.2, 0) is 13.9 Å². The Morgan fingerprint density at radius 3 is 1.80 bits per heavy atom. The minimum absolute atomic E-state index is 0.698. The van der Waals surface area contributed by atoms with Gasteiger partial charge in [-0.3, -0.25) is 9.13 Å². The summed E-state index contributed by atoms with van der Waals surface area (Å²) in [5, 5.41) is 5.79. The maximum atomic E-state index is 10.7. The normalized spacial score (nSPS) is 12.9. The second-order valence-electron chi connectivity index (χ2n) is 2.56. The second-order valence-corrected chi connectivity index (χ2v) is 6.57. The highest BCUT2D eigenvalue weighted by molar-refractivity contribution is 7.70. The van der Waals surface area contributed by atoms with Crippen LogP contribution in [0, 0.1) is 0 Å². The van der Waals surface area contributed by atoms with E-state index in [4.69, 9.17) is 24.7 Å². The molecule has 0 aliphatic rings. The van der Waals surface area contributed by atoms with Gasteiger partial charge in [-0.1, -0.05) is 0 Å². The number of hydrogen-bond acceptors (Lipinski definition) is 4. The van der Waals surface area contributed by atoms with E-state index < -0.39 is 39.8 Å². The first-order valence-electron chi connectivity index (χ1n) is 3.51. The molecule has 0 rings (SSSR count). The number of carbonyl (C=O) groups is 1. The quantitative estimate of drug-likeness (QED) is 0.333. The molecule has 15 heavy (non-hydrogen) atoms. The molecule has 0 radical (unpaired) electrons. The highest BCUT2D eigenvalue weighted by atomic mass is 31.2. The van der Waals surface area contributed by atoms with E-state index in [-0.39, 0.29) is 0 Å². The Hall–Kier alpha value is -0.430. The fourth-order valence-electron chi connectivity index (χ4n) is 0.784. The molecule has 0 aliphatic heterocycles. The van der Waals surface area contributed by atoms with Gasteiger partial charge in [0.15, 0.2) is 5.40 Å². The van der Waals surface area contributed by atoms with Gasteiger partial charge in [-0.05, 0) is 0 Å². The molecule has 0 aromatic heterocycles. The summed E-state index contributed by atoms with van der Waals surface area (Å²) in [6.45, 7) is -0.698. The van der Waals surface area contributed by atoms with Crippen molar-refractivity contribution in [2.75, 3.05) is 6.61 Å². The third kappa shape index (κ3) is 5.88. The van der Waals surface area contributed by atoms with Gasteiger partial charge in [0.1, 0.15) is 0 Å². The monoisotopic (exact) mass is 264 g/mol. The minimum atomic E-state index is -4.99. The van der Waals surface area contributed by atoms with Crippen molar-refractivity contribution in [2.24, 2.45) is 0 Å². The highest BCUT2D eigenvalue weighted by Crippen LogP contribution is 2.61. The molecule has 5 N–H and O–H groups in total. The molecule has 0 bridgehead atoms. The Kier molecular flexibility index (Phi) is 4.92. The summed E-state index contributed by atoms with van der Waals surface area (Å²) >= 11 is 0. The van der Waals surface area contributed by atoms with Crippen LogP contribution < -0.4 is 0 Å². The Balaban J connectivity index is 4.50. The van der Waals surface area contributed by atoms with Crippen LogP contribution in [-0.4, -0.2) is 42.8 Å². The first-order chi connectivity index (χ1) is 6.55. The summed E-state index contributed by atoms with van der Waals surface area (Å²) in [5.74, 6) is 0. The molecule has 0 fully saturated rings. The molecule has 0 spiro atoms. The molecule has 0 aromatic rings. The summed E-state index contributed by atoms with van der Waals surface area (Å²) in [5.41, 5.74) is 0. The lowest BCUT2D eigenvalue weighted by Crippen LogP contribution is -2.14. The average Bonchev–Trinajstić information content (AvgIpc) is 1.92. The van der Waals surface area contributed by atoms with E-state index in [1.165, 1.54) is 0 Å². The lowest BCUT2D eigenvalue weighted by molar-refractivity contribution is 0.0903. The van der Waals surface area contributed by atoms with Gasteiger partial charge in [0.25, 0.3) is 0 Å². The minimum Gasteiger partial charge on any atom is -0.450 e. The molecule has 9 nitrogen and oxygen atoms in total. The van der Waals surface area contributed by atoms with E-state index in [1.807, 2.05) is 0 Å². The second kappa shape index (κ2) is 5.07. The van der Waals surface area contributed by atoms with Gasteiger partial charge >= 0.3 is 21.3 Å². The maximum absolute atomic E-state index is 10.7. The molecule has 0 saturated carbocycles. The predicted molar refractivity (Wildman–Crippen MR) is 46.5 cm³/mol. The fourth-order valence-corrected chi connectivity index (χ4v) is 3.24. The van der Waals surface area contributed by atoms with Crippen molar-refractivity contribution < 1.29 is 43.3 Å². The van der Waals surface area contributed by atoms with Crippen molar-refractivity contribution in [1.82, 2.24) is 0 Å². The zero-order valence-electron chi connectivity index (χ0n) is 7.26. The SMILES string of the molecule is O=C(O)OCCC(P(=O)(O)O)P(=O)(O)O. The number of rotatable bonds is 5. The van der Waals surface area contributed by atoms with E-state index in [9.17, 15) is 13.9 Å². The summed E-state index contributed by atoms with van der Waals surface area (Å²) in [4.78, 5) is 44.2. The summed E-state index contributed by atoms with van der Waals surface area (Å²) in [7, 11) is -9.99. The first kappa shape index (κ1) is 14.6. The average molecular weight is 264 g/mol. The molecule has 0 heterocycles. The Bertz CT molecular complexity index is 290. The van der Waals surface area contributed by atoms with Crippen molar-refractivity contribution in [3.8, 4) is 0 Å². The largest absolute Gasteiger partial charge is 0.505 e. The van der Waals surface area contributed by atoms with Gasteiger partial charge in [-0.2, -0.15) is 0 Å². The molecule has 0 amide bonds. The lowest BCUT2D eigenvalue weighted by atomic mass is 10.5. The standard InChI is InChI=1S/C4H10O9P2/c5-4(6)13-2-1-3(14(7,8)9)15(10,11)12/h3H,1-2H2,(H,5,6)(H2,7,8,9)(H2,10,11,12). The summed E-state index contributed by atoms with van der Waals surface area (Å²) < 4.78 is 25.2. The van der Waals surface area contributed by atoms with Gasteiger partial charge in [-0.25, -0.2) is 4.79 Å². The van der Waals surface area contributed by atoms with Crippen LogP contribution in [0.15, 0.2) is 0 Å². The predicted octanol–water partition coefficient (Wildman–Crippen LogP) is -0.247. The van der Waals surface area contributed by atoms with Gasteiger partial charge in [0, 0.05) is 6.42 Å². The van der Waals surface area contributed by atoms with Crippen LogP contribution in [0.3, 0.4) is 0 Å². The third-order valence-electron chi connectivity index (χ3n) is 1.38. The molecular formula is C4H10O9P2. The lowest BCUT2D eigenvalue weighted by Gasteiger charge is -2.18. The van der Waals surface area contributed by atoms with E-state index in [1.54, 1.807) is 0 Å². The molecular weight excluding hydrogens is 254 g/mol.